The maximum absolute atomic E-state index is 4.39. The third kappa shape index (κ3) is 2.96. The molecular formula is C18H16N4S. The normalized spacial score (nSPS) is 11.0. The number of H-pyrrole nitrogens is 1. The van der Waals surface area contributed by atoms with Crippen LogP contribution in [0, 0.1) is 0 Å². The molecule has 23 heavy (non-hydrogen) atoms. The quantitative estimate of drug-likeness (QED) is 0.575. The number of nitrogens with one attached hydrogen (secondary N) is 2. The molecule has 0 amide bonds. The SMILES string of the molecule is c1csc(-c2cnc(NCCc3c[nH]c4ccccc34)nc2)c1. The molecule has 0 bridgehead atoms. The first-order valence-corrected chi connectivity index (χ1v) is 8.43. The summed E-state index contributed by atoms with van der Waals surface area (Å²) in [4.78, 5) is 13.3. The molecule has 4 rings (SSSR count). The van der Waals surface area contributed by atoms with Crippen LogP contribution in [0.2, 0.25) is 0 Å². The highest BCUT2D eigenvalue weighted by Crippen LogP contribution is 2.23. The average Bonchev–Trinajstić information content (AvgIpc) is 3.26. The summed E-state index contributed by atoms with van der Waals surface area (Å²) in [5, 5.41) is 6.63. The van der Waals surface area contributed by atoms with Gasteiger partial charge in [-0.25, -0.2) is 9.97 Å². The van der Waals surface area contributed by atoms with Crippen LogP contribution in [0.15, 0.2) is 60.4 Å². The Bertz CT molecular complexity index is 894. The van der Waals surface area contributed by atoms with Crippen molar-refractivity contribution in [1.82, 2.24) is 15.0 Å². The molecule has 0 aliphatic heterocycles. The molecule has 2 N–H and O–H groups in total. The van der Waals surface area contributed by atoms with Gasteiger partial charge < -0.3 is 10.3 Å². The molecule has 3 heterocycles. The van der Waals surface area contributed by atoms with E-state index in [9.17, 15) is 0 Å². The Morgan fingerprint density at radius 2 is 1.91 bits per heavy atom. The predicted molar refractivity (Wildman–Crippen MR) is 95.8 cm³/mol. The maximum atomic E-state index is 4.39. The van der Waals surface area contributed by atoms with E-state index in [1.807, 2.05) is 24.5 Å². The lowest BCUT2D eigenvalue weighted by Gasteiger charge is -2.05. The van der Waals surface area contributed by atoms with Crippen molar-refractivity contribution in [2.24, 2.45) is 0 Å². The van der Waals surface area contributed by atoms with Gasteiger partial charge in [0.2, 0.25) is 5.95 Å². The summed E-state index contributed by atoms with van der Waals surface area (Å²) >= 11 is 1.70. The average molecular weight is 320 g/mol. The van der Waals surface area contributed by atoms with Gasteiger partial charge in [-0.1, -0.05) is 24.3 Å². The first kappa shape index (κ1) is 14.0. The standard InChI is InChI=1S/C18H16N4S/c1-2-5-16-15(4-1)13(10-20-16)7-8-19-18-21-11-14(12-22-18)17-6-3-9-23-17/h1-6,9-12,20H,7-8H2,(H,19,21,22). The Hall–Kier alpha value is -2.66. The number of aromatic nitrogens is 3. The van der Waals surface area contributed by atoms with Crippen molar-refractivity contribution in [3.8, 4) is 10.4 Å². The number of nitrogens with zero attached hydrogens (tertiary/aromatic N) is 2. The zero-order valence-corrected chi connectivity index (χ0v) is 13.3. The summed E-state index contributed by atoms with van der Waals surface area (Å²) in [5.74, 6) is 0.671. The number of hydrogen-bond donors (Lipinski definition) is 2. The molecule has 1 aromatic carbocycles. The van der Waals surface area contributed by atoms with Crippen molar-refractivity contribution >= 4 is 28.2 Å². The number of hydrogen-bond acceptors (Lipinski definition) is 4. The lowest BCUT2D eigenvalue weighted by Crippen LogP contribution is -2.07. The van der Waals surface area contributed by atoms with Gasteiger partial charge in [-0.3, -0.25) is 0 Å². The second-order valence-electron chi connectivity index (χ2n) is 5.31. The van der Waals surface area contributed by atoms with Gasteiger partial charge in [0.05, 0.1) is 0 Å². The van der Waals surface area contributed by atoms with Crippen molar-refractivity contribution in [2.45, 2.75) is 6.42 Å². The second-order valence-corrected chi connectivity index (χ2v) is 6.26. The summed E-state index contributed by atoms with van der Waals surface area (Å²) in [7, 11) is 0. The van der Waals surface area contributed by atoms with E-state index in [0.29, 0.717) is 5.95 Å². The fourth-order valence-corrected chi connectivity index (χ4v) is 3.34. The minimum absolute atomic E-state index is 0.671. The summed E-state index contributed by atoms with van der Waals surface area (Å²) in [6.07, 6.45) is 6.74. The molecule has 0 radical (unpaired) electrons. The van der Waals surface area contributed by atoms with Crippen LogP contribution in [-0.2, 0) is 6.42 Å². The Labute approximate surface area is 138 Å². The van der Waals surface area contributed by atoms with Crippen LogP contribution in [0.5, 0.6) is 0 Å². The van der Waals surface area contributed by atoms with Crippen molar-refractivity contribution in [1.29, 1.82) is 0 Å². The fourth-order valence-electron chi connectivity index (χ4n) is 2.64. The van der Waals surface area contributed by atoms with Gasteiger partial charge in [0.1, 0.15) is 0 Å². The predicted octanol–water partition coefficient (Wildman–Crippen LogP) is 4.34. The van der Waals surface area contributed by atoms with E-state index >= 15 is 0 Å². The zero-order chi connectivity index (χ0) is 15.5. The first-order chi connectivity index (χ1) is 11.4. The van der Waals surface area contributed by atoms with Gasteiger partial charge in [-0.15, -0.1) is 11.3 Å². The summed E-state index contributed by atoms with van der Waals surface area (Å²) < 4.78 is 0. The largest absolute Gasteiger partial charge is 0.361 e. The Morgan fingerprint density at radius 1 is 1.04 bits per heavy atom. The van der Waals surface area contributed by atoms with E-state index in [1.165, 1.54) is 21.3 Å². The van der Waals surface area contributed by atoms with E-state index in [0.717, 1.165) is 18.5 Å². The molecule has 114 valence electrons. The lowest BCUT2D eigenvalue weighted by atomic mass is 10.1. The molecule has 0 atom stereocenters. The van der Waals surface area contributed by atoms with Crippen LogP contribution in [0.25, 0.3) is 21.3 Å². The number of para-hydroxylation sites is 1. The fraction of sp³-hybridized carbons (Fsp3) is 0.111. The topological polar surface area (TPSA) is 53.6 Å². The van der Waals surface area contributed by atoms with Crippen molar-refractivity contribution in [3.63, 3.8) is 0 Å². The van der Waals surface area contributed by atoms with Gasteiger partial charge in [0.25, 0.3) is 0 Å². The molecule has 0 saturated heterocycles. The molecule has 5 heteroatoms. The molecule has 0 unspecified atom stereocenters. The molecular weight excluding hydrogens is 304 g/mol. The summed E-state index contributed by atoms with van der Waals surface area (Å²) in [6, 6.07) is 12.5. The number of benzene rings is 1. The number of thiophene rings is 1. The van der Waals surface area contributed by atoms with Crippen LogP contribution in [-0.4, -0.2) is 21.5 Å². The van der Waals surface area contributed by atoms with Gasteiger partial charge in [0.15, 0.2) is 0 Å². The van der Waals surface area contributed by atoms with Gasteiger partial charge in [-0.05, 0) is 29.5 Å². The number of aromatic amines is 1. The van der Waals surface area contributed by atoms with E-state index in [4.69, 9.17) is 0 Å². The lowest BCUT2D eigenvalue weighted by molar-refractivity contribution is 0.991. The summed E-state index contributed by atoms with van der Waals surface area (Å²) in [5.41, 5.74) is 3.55. The number of rotatable bonds is 5. The van der Waals surface area contributed by atoms with Crippen molar-refractivity contribution in [2.75, 3.05) is 11.9 Å². The minimum Gasteiger partial charge on any atom is -0.361 e. The number of anilines is 1. The van der Waals surface area contributed by atoms with Crippen LogP contribution < -0.4 is 5.32 Å². The van der Waals surface area contributed by atoms with Gasteiger partial charge in [0, 0.05) is 46.5 Å². The van der Waals surface area contributed by atoms with E-state index in [2.05, 4.69) is 56.1 Å². The van der Waals surface area contributed by atoms with Crippen LogP contribution >= 0.6 is 11.3 Å². The molecule has 0 aliphatic carbocycles. The smallest absolute Gasteiger partial charge is 0.222 e. The van der Waals surface area contributed by atoms with Gasteiger partial charge in [-0.2, -0.15) is 0 Å². The maximum Gasteiger partial charge on any atom is 0.222 e. The van der Waals surface area contributed by atoms with E-state index in [-0.39, 0.29) is 0 Å². The highest BCUT2D eigenvalue weighted by atomic mass is 32.1. The van der Waals surface area contributed by atoms with Crippen LogP contribution in [0.3, 0.4) is 0 Å². The zero-order valence-electron chi connectivity index (χ0n) is 12.5. The highest BCUT2D eigenvalue weighted by Gasteiger charge is 2.04. The van der Waals surface area contributed by atoms with Crippen LogP contribution in [0.1, 0.15) is 5.56 Å². The van der Waals surface area contributed by atoms with E-state index < -0.39 is 0 Å². The molecule has 4 aromatic rings. The molecule has 3 aromatic heterocycles. The number of fused-ring (bicyclic) bond motifs is 1. The first-order valence-electron chi connectivity index (χ1n) is 7.55. The Balaban J connectivity index is 1.39. The van der Waals surface area contributed by atoms with Crippen molar-refractivity contribution < 1.29 is 0 Å². The molecule has 0 fully saturated rings. The van der Waals surface area contributed by atoms with Crippen molar-refractivity contribution in [3.05, 3.63) is 65.9 Å². The minimum atomic E-state index is 0.671. The third-order valence-corrected chi connectivity index (χ3v) is 4.73. The monoisotopic (exact) mass is 320 g/mol. The Morgan fingerprint density at radius 3 is 2.74 bits per heavy atom. The molecule has 0 saturated carbocycles. The molecule has 0 spiro atoms. The molecule has 0 aliphatic rings. The Kier molecular flexibility index (Phi) is 3.78. The summed E-state index contributed by atoms with van der Waals surface area (Å²) in [6.45, 7) is 0.806. The van der Waals surface area contributed by atoms with Crippen LogP contribution in [0.4, 0.5) is 5.95 Å². The van der Waals surface area contributed by atoms with E-state index in [1.54, 1.807) is 11.3 Å². The molecule has 4 nitrogen and oxygen atoms in total. The third-order valence-electron chi connectivity index (χ3n) is 3.81. The second kappa shape index (κ2) is 6.22. The van der Waals surface area contributed by atoms with Gasteiger partial charge >= 0.3 is 0 Å². The highest BCUT2D eigenvalue weighted by molar-refractivity contribution is 7.13.